The zero-order valence-corrected chi connectivity index (χ0v) is 18.0. The van der Waals surface area contributed by atoms with Crippen molar-refractivity contribution in [2.75, 3.05) is 11.9 Å². The fourth-order valence-electron chi connectivity index (χ4n) is 3.05. The molecular weight excluding hydrogens is 444 g/mol. The fourth-order valence-corrected chi connectivity index (χ4v) is 3.25. The van der Waals surface area contributed by atoms with Gasteiger partial charge in [0.2, 0.25) is 0 Å². The highest BCUT2D eigenvalue weighted by Gasteiger charge is 2.21. The molecule has 0 spiro atoms. The molecule has 1 aromatic heterocycles. The van der Waals surface area contributed by atoms with E-state index in [9.17, 15) is 18.4 Å². The Balaban J connectivity index is 1.59. The zero-order chi connectivity index (χ0) is 23.3. The molecule has 0 aliphatic rings. The lowest BCUT2D eigenvalue weighted by Crippen LogP contribution is -2.21. The highest BCUT2D eigenvalue weighted by atomic mass is 35.5. The summed E-state index contributed by atoms with van der Waals surface area (Å²) in [5.41, 5.74) is 2.52. The summed E-state index contributed by atoms with van der Waals surface area (Å²) < 4.78 is 35.4. The van der Waals surface area contributed by atoms with E-state index in [0.717, 1.165) is 5.56 Å². The predicted molar refractivity (Wildman–Crippen MR) is 114 cm³/mol. The molecule has 0 aliphatic carbocycles. The van der Waals surface area contributed by atoms with Crippen LogP contribution in [0.1, 0.15) is 27.3 Å². The van der Waals surface area contributed by atoms with Crippen LogP contribution < -0.4 is 10.1 Å². The van der Waals surface area contributed by atoms with Crippen LogP contribution in [-0.4, -0.2) is 34.9 Å². The summed E-state index contributed by atoms with van der Waals surface area (Å²) in [4.78, 5) is 24.6. The maximum atomic E-state index is 12.6. The Bertz CT molecular complexity index is 1120. The number of alkyl halides is 2. The van der Waals surface area contributed by atoms with Gasteiger partial charge in [-0.3, -0.25) is 9.48 Å². The van der Waals surface area contributed by atoms with Gasteiger partial charge >= 0.3 is 12.6 Å². The van der Waals surface area contributed by atoms with Gasteiger partial charge in [0, 0.05) is 10.7 Å². The minimum Gasteiger partial charge on any atom is -0.452 e. The highest BCUT2D eigenvalue weighted by Crippen LogP contribution is 2.20. The Labute approximate surface area is 187 Å². The number of anilines is 1. The van der Waals surface area contributed by atoms with Gasteiger partial charge in [0.05, 0.1) is 17.9 Å². The molecule has 10 heteroatoms. The lowest BCUT2D eigenvalue weighted by molar-refractivity contribution is -0.119. The summed E-state index contributed by atoms with van der Waals surface area (Å²) >= 11 is 6.20. The first kappa shape index (κ1) is 23.2. The van der Waals surface area contributed by atoms with Crippen molar-refractivity contribution in [2.45, 2.75) is 27.0 Å². The maximum Gasteiger partial charge on any atom is 0.387 e. The Kier molecular flexibility index (Phi) is 7.42. The smallest absolute Gasteiger partial charge is 0.387 e. The molecule has 0 radical (unpaired) electrons. The van der Waals surface area contributed by atoms with Crippen LogP contribution in [0.5, 0.6) is 5.75 Å². The third-order valence-corrected chi connectivity index (χ3v) is 4.93. The number of nitrogens with zero attached hydrogens (tertiary/aromatic N) is 2. The van der Waals surface area contributed by atoms with E-state index in [1.54, 1.807) is 24.6 Å². The molecule has 1 amide bonds. The van der Waals surface area contributed by atoms with E-state index < -0.39 is 25.1 Å². The van der Waals surface area contributed by atoms with E-state index in [-0.39, 0.29) is 11.3 Å². The standard InChI is InChI=1S/C22H20ClF2N3O4/c1-13-20(14(2)28(27-13)11-15-5-3-4-6-18(15)23)21(30)31-12-19(29)26-16-7-9-17(10-8-16)32-22(24)25/h3-10,22H,11-12H2,1-2H3,(H,26,29). The Hall–Kier alpha value is -3.46. The first-order valence-electron chi connectivity index (χ1n) is 9.54. The second-order valence-electron chi connectivity index (χ2n) is 6.82. The van der Waals surface area contributed by atoms with Gasteiger partial charge in [-0.1, -0.05) is 29.8 Å². The second kappa shape index (κ2) is 10.2. The van der Waals surface area contributed by atoms with Gasteiger partial charge in [-0.2, -0.15) is 13.9 Å². The number of carbonyl (C=O) groups is 2. The molecule has 1 heterocycles. The number of carbonyl (C=O) groups excluding carboxylic acids is 2. The third-order valence-electron chi connectivity index (χ3n) is 4.56. The van der Waals surface area contributed by atoms with Crippen molar-refractivity contribution in [2.24, 2.45) is 0 Å². The summed E-state index contributed by atoms with van der Waals surface area (Å²) in [7, 11) is 0. The highest BCUT2D eigenvalue weighted by molar-refractivity contribution is 6.31. The second-order valence-corrected chi connectivity index (χ2v) is 7.23. The van der Waals surface area contributed by atoms with Gasteiger partial charge in [0.1, 0.15) is 11.3 Å². The first-order valence-corrected chi connectivity index (χ1v) is 9.91. The lowest BCUT2D eigenvalue weighted by atomic mass is 10.2. The number of aryl methyl sites for hydroxylation is 1. The lowest BCUT2D eigenvalue weighted by Gasteiger charge is -2.09. The molecule has 3 aromatic rings. The number of hydrogen-bond donors (Lipinski definition) is 1. The molecule has 1 N–H and O–H groups in total. The van der Waals surface area contributed by atoms with Crippen molar-refractivity contribution in [3.63, 3.8) is 0 Å². The fraction of sp³-hybridized carbons (Fsp3) is 0.227. The van der Waals surface area contributed by atoms with Crippen LogP contribution in [-0.2, 0) is 16.1 Å². The number of ether oxygens (including phenoxy) is 2. The van der Waals surface area contributed by atoms with Crippen LogP contribution in [0.4, 0.5) is 14.5 Å². The summed E-state index contributed by atoms with van der Waals surface area (Å²) in [6.45, 7) is 0.330. The number of aromatic nitrogens is 2. The Morgan fingerprint density at radius 1 is 1.12 bits per heavy atom. The quantitative estimate of drug-likeness (QED) is 0.494. The van der Waals surface area contributed by atoms with Crippen molar-refractivity contribution in [1.29, 1.82) is 0 Å². The van der Waals surface area contributed by atoms with E-state index >= 15 is 0 Å². The van der Waals surface area contributed by atoms with E-state index in [2.05, 4.69) is 15.2 Å². The van der Waals surface area contributed by atoms with Gasteiger partial charge < -0.3 is 14.8 Å². The largest absolute Gasteiger partial charge is 0.452 e. The molecule has 32 heavy (non-hydrogen) atoms. The number of halogens is 3. The maximum absolute atomic E-state index is 12.6. The molecule has 7 nitrogen and oxygen atoms in total. The van der Waals surface area contributed by atoms with E-state index in [4.69, 9.17) is 16.3 Å². The van der Waals surface area contributed by atoms with Crippen LogP contribution in [0, 0.1) is 13.8 Å². The number of amides is 1. The normalized spacial score (nSPS) is 10.8. The van der Waals surface area contributed by atoms with Crippen LogP contribution in [0.3, 0.4) is 0 Å². The molecule has 0 bridgehead atoms. The molecule has 0 unspecified atom stereocenters. The van der Waals surface area contributed by atoms with Crippen molar-refractivity contribution >= 4 is 29.2 Å². The average molecular weight is 464 g/mol. The van der Waals surface area contributed by atoms with Crippen molar-refractivity contribution in [3.8, 4) is 5.75 Å². The molecule has 0 fully saturated rings. The molecule has 0 atom stereocenters. The van der Waals surface area contributed by atoms with Gasteiger partial charge in [0.15, 0.2) is 6.61 Å². The molecule has 0 aliphatic heterocycles. The number of esters is 1. The summed E-state index contributed by atoms with van der Waals surface area (Å²) in [5.74, 6) is -1.30. The molecule has 168 valence electrons. The van der Waals surface area contributed by atoms with E-state index in [1.807, 2.05) is 18.2 Å². The molecule has 0 saturated heterocycles. The number of rotatable bonds is 8. The Morgan fingerprint density at radius 2 is 1.81 bits per heavy atom. The number of nitrogens with one attached hydrogen (secondary N) is 1. The van der Waals surface area contributed by atoms with E-state index in [0.29, 0.717) is 28.6 Å². The minimum atomic E-state index is -2.93. The summed E-state index contributed by atoms with van der Waals surface area (Å²) in [5, 5.41) is 7.48. The first-order chi connectivity index (χ1) is 15.2. The van der Waals surface area contributed by atoms with Crippen LogP contribution in [0.15, 0.2) is 48.5 Å². The summed E-state index contributed by atoms with van der Waals surface area (Å²) in [6.07, 6.45) is 0. The van der Waals surface area contributed by atoms with Gasteiger partial charge in [-0.25, -0.2) is 4.79 Å². The third kappa shape index (κ3) is 5.82. The van der Waals surface area contributed by atoms with Crippen molar-refractivity contribution < 1.29 is 27.8 Å². The topological polar surface area (TPSA) is 82.5 Å². The van der Waals surface area contributed by atoms with Crippen LogP contribution in [0.2, 0.25) is 5.02 Å². The van der Waals surface area contributed by atoms with Crippen LogP contribution in [0.25, 0.3) is 0 Å². The molecular formula is C22H20ClF2N3O4. The van der Waals surface area contributed by atoms with E-state index in [1.165, 1.54) is 24.3 Å². The van der Waals surface area contributed by atoms with Crippen molar-refractivity contribution in [1.82, 2.24) is 9.78 Å². The van der Waals surface area contributed by atoms with Crippen molar-refractivity contribution in [3.05, 3.63) is 76.1 Å². The Morgan fingerprint density at radius 3 is 2.47 bits per heavy atom. The van der Waals surface area contributed by atoms with Crippen LogP contribution >= 0.6 is 11.6 Å². The number of hydrogen-bond acceptors (Lipinski definition) is 5. The molecule has 2 aromatic carbocycles. The molecule has 0 saturated carbocycles. The minimum absolute atomic E-state index is 0.0378. The number of benzene rings is 2. The van der Waals surface area contributed by atoms with Gasteiger partial charge in [-0.05, 0) is 49.7 Å². The average Bonchev–Trinajstić information content (AvgIpc) is 3.02. The molecule has 3 rings (SSSR count). The SMILES string of the molecule is Cc1nn(Cc2ccccc2Cl)c(C)c1C(=O)OCC(=O)Nc1ccc(OC(F)F)cc1. The van der Waals surface area contributed by atoms with Gasteiger partial charge in [-0.15, -0.1) is 0 Å². The monoisotopic (exact) mass is 463 g/mol. The predicted octanol–water partition coefficient (Wildman–Crippen LogP) is 4.60. The summed E-state index contributed by atoms with van der Waals surface area (Å²) in [6, 6.07) is 12.7. The zero-order valence-electron chi connectivity index (χ0n) is 17.3. The van der Waals surface area contributed by atoms with Gasteiger partial charge in [0.25, 0.3) is 5.91 Å².